The highest BCUT2D eigenvalue weighted by Crippen LogP contribution is 2.32. The number of rotatable bonds is 2. The van der Waals surface area contributed by atoms with E-state index in [9.17, 15) is 4.79 Å². The number of nitrogens with zero attached hydrogens (tertiary/aromatic N) is 5. The van der Waals surface area contributed by atoms with E-state index in [0.29, 0.717) is 27.7 Å². The third-order valence-corrected chi connectivity index (χ3v) is 5.61. The molecule has 4 heterocycles. The fourth-order valence-corrected chi connectivity index (χ4v) is 3.95. The van der Waals surface area contributed by atoms with Gasteiger partial charge < -0.3 is 10.3 Å². The van der Waals surface area contributed by atoms with Crippen LogP contribution in [0.25, 0.3) is 38.8 Å². The van der Waals surface area contributed by atoms with Crippen LogP contribution in [0.15, 0.2) is 46.0 Å². The van der Waals surface area contributed by atoms with Gasteiger partial charge in [0.15, 0.2) is 5.76 Å². The Kier molecular flexibility index (Phi) is 3.94. The lowest BCUT2D eigenvalue weighted by Crippen LogP contribution is -2.21. The molecule has 0 amide bonds. The van der Waals surface area contributed by atoms with Gasteiger partial charge >= 0.3 is 5.69 Å². The lowest BCUT2D eigenvalue weighted by Gasteiger charge is -2.08. The van der Waals surface area contributed by atoms with Crippen molar-refractivity contribution >= 4 is 39.4 Å². The van der Waals surface area contributed by atoms with Gasteiger partial charge in [-0.1, -0.05) is 22.8 Å². The Morgan fingerprint density at radius 3 is 2.60 bits per heavy atom. The molecule has 0 aliphatic rings. The molecule has 0 aliphatic heterocycles. The van der Waals surface area contributed by atoms with Crippen molar-refractivity contribution in [2.24, 2.45) is 7.05 Å². The highest BCUT2D eigenvalue weighted by molar-refractivity contribution is 6.33. The second-order valence-electron chi connectivity index (χ2n) is 7.16. The zero-order valence-electron chi connectivity index (χ0n) is 16.5. The van der Waals surface area contributed by atoms with Crippen LogP contribution in [0.1, 0.15) is 11.5 Å². The van der Waals surface area contributed by atoms with Gasteiger partial charge in [-0.25, -0.2) is 9.78 Å². The summed E-state index contributed by atoms with van der Waals surface area (Å²) in [5, 5.41) is 5.22. The summed E-state index contributed by atoms with van der Waals surface area (Å²) in [4.78, 5) is 21.8. The van der Waals surface area contributed by atoms with Crippen LogP contribution in [-0.2, 0) is 7.05 Å². The summed E-state index contributed by atoms with van der Waals surface area (Å²) in [5.41, 5.74) is 10.7. The van der Waals surface area contributed by atoms with Crippen molar-refractivity contribution in [2.45, 2.75) is 13.8 Å². The van der Waals surface area contributed by atoms with Crippen LogP contribution in [0.5, 0.6) is 0 Å². The Bertz CT molecular complexity index is 1510. The summed E-state index contributed by atoms with van der Waals surface area (Å²) in [5.74, 6) is 0.846. The van der Waals surface area contributed by atoms with Crippen LogP contribution < -0.4 is 11.4 Å². The molecule has 1 aromatic carbocycles. The van der Waals surface area contributed by atoms with Gasteiger partial charge in [0, 0.05) is 24.2 Å². The van der Waals surface area contributed by atoms with Crippen LogP contribution >= 0.6 is 11.6 Å². The minimum absolute atomic E-state index is 0.198. The van der Waals surface area contributed by atoms with E-state index in [0.717, 1.165) is 27.5 Å². The second-order valence-corrected chi connectivity index (χ2v) is 7.57. The number of aryl methyl sites for hydroxylation is 3. The number of nitrogens with two attached hydrogens (primary N) is 1. The lowest BCUT2D eigenvalue weighted by molar-refractivity contribution is 0.393. The van der Waals surface area contributed by atoms with E-state index in [-0.39, 0.29) is 11.5 Å². The van der Waals surface area contributed by atoms with E-state index in [1.54, 1.807) is 41.6 Å². The normalized spacial score (nSPS) is 11.6. The number of anilines is 1. The summed E-state index contributed by atoms with van der Waals surface area (Å²) in [6.45, 7) is 3.60. The monoisotopic (exact) mass is 420 g/mol. The molecule has 9 heteroatoms. The lowest BCUT2D eigenvalue weighted by atomic mass is 10.0. The molecular formula is C21H17ClN6O2. The van der Waals surface area contributed by atoms with E-state index >= 15 is 0 Å². The number of pyridine rings is 2. The molecule has 30 heavy (non-hydrogen) atoms. The quantitative estimate of drug-likeness (QED) is 0.466. The first kappa shape index (κ1) is 18.4. The highest BCUT2D eigenvalue weighted by atomic mass is 35.5. The SMILES string of the molecule is Cc1noc(C)c1-n1c(=O)n(C)c2cnc3ccc(-c4cnc(N)c(Cl)c4)cc3c21. The maximum Gasteiger partial charge on any atom is 0.333 e. The molecule has 0 atom stereocenters. The minimum atomic E-state index is -0.198. The van der Waals surface area contributed by atoms with Gasteiger partial charge in [-0.15, -0.1) is 0 Å². The van der Waals surface area contributed by atoms with E-state index < -0.39 is 0 Å². The predicted molar refractivity (Wildman–Crippen MR) is 116 cm³/mol. The van der Waals surface area contributed by atoms with Crippen molar-refractivity contribution in [3.8, 4) is 16.8 Å². The van der Waals surface area contributed by atoms with Crippen LogP contribution in [0.3, 0.4) is 0 Å². The molecule has 0 fully saturated rings. The van der Waals surface area contributed by atoms with Crippen molar-refractivity contribution in [3.63, 3.8) is 0 Å². The van der Waals surface area contributed by atoms with Gasteiger partial charge in [0.05, 0.1) is 27.8 Å². The fourth-order valence-electron chi connectivity index (χ4n) is 3.79. The molecule has 8 nitrogen and oxygen atoms in total. The average Bonchev–Trinajstić information content (AvgIpc) is 3.19. The number of aromatic nitrogens is 5. The topological polar surface area (TPSA) is 105 Å². The van der Waals surface area contributed by atoms with Gasteiger partial charge in [0.1, 0.15) is 17.2 Å². The van der Waals surface area contributed by atoms with Crippen molar-refractivity contribution in [3.05, 3.63) is 63.6 Å². The van der Waals surface area contributed by atoms with Gasteiger partial charge in [0.25, 0.3) is 0 Å². The standard InChI is InChI=1S/C21H17ClN6O2/c1-10-18(11(2)30-26-10)28-19-14-6-12(13-7-15(22)20(23)25-8-13)4-5-16(14)24-9-17(19)27(3)21(28)29/h4-9H,1-3H3,(H2,23,25). The number of hydrogen-bond acceptors (Lipinski definition) is 6. The molecule has 0 saturated heterocycles. The highest BCUT2D eigenvalue weighted by Gasteiger charge is 2.21. The van der Waals surface area contributed by atoms with E-state index in [2.05, 4.69) is 15.1 Å². The maximum absolute atomic E-state index is 13.2. The smallest absolute Gasteiger partial charge is 0.333 e. The molecular weight excluding hydrogens is 404 g/mol. The summed E-state index contributed by atoms with van der Waals surface area (Å²) in [6.07, 6.45) is 3.37. The van der Waals surface area contributed by atoms with Crippen molar-refractivity contribution < 1.29 is 4.52 Å². The number of fused-ring (bicyclic) bond motifs is 3. The van der Waals surface area contributed by atoms with Crippen molar-refractivity contribution in [2.75, 3.05) is 5.73 Å². The van der Waals surface area contributed by atoms with Crippen molar-refractivity contribution in [1.29, 1.82) is 0 Å². The molecule has 4 aromatic heterocycles. The van der Waals surface area contributed by atoms with E-state index in [1.807, 2.05) is 25.1 Å². The summed E-state index contributed by atoms with van der Waals surface area (Å²) >= 11 is 6.16. The van der Waals surface area contributed by atoms with Crippen LogP contribution in [0, 0.1) is 13.8 Å². The number of hydrogen-bond donors (Lipinski definition) is 1. The molecule has 0 bridgehead atoms. The molecule has 0 aliphatic carbocycles. The Morgan fingerprint density at radius 1 is 1.10 bits per heavy atom. The largest absolute Gasteiger partial charge is 0.382 e. The van der Waals surface area contributed by atoms with Gasteiger partial charge in [0.2, 0.25) is 0 Å². The number of imidazole rings is 1. The first-order valence-corrected chi connectivity index (χ1v) is 9.59. The van der Waals surface area contributed by atoms with Gasteiger partial charge in [-0.3, -0.25) is 14.1 Å². The molecule has 0 unspecified atom stereocenters. The third-order valence-electron chi connectivity index (χ3n) is 5.31. The van der Waals surface area contributed by atoms with Crippen LogP contribution in [0.4, 0.5) is 5.82 Å². The average molecular weight is 421 g/mol. The number of nitrogen functional groups attached to an aromatic ring is 1. The Labute approximate surface area is 175 Å². The zero-order chi connectivity index (χ0) is 21.2. The molecule has 5 rings (SSSR count). The van der Waals surface area contributed by atoms with Gasteiger partial charge in [-0.2, -0.15) is 0 Å². The molecule has 0 saturated carbocycles. The number of halogens is 1. The first-order valence-electron chi connectivity index (χ1n) is 9.21. The van der Waals surface area contributed by atoms with E-state index in [1.165, 1.54) is 0 Å². The second kappa shape index (κ2) is 6.43. The van der Waals surface area contributed by atoms with Gasteiger partial charge in [-0.05, 0) is 37.6 Å². The molecule has 0 radical (unpaired) electrons. The minimum Gasteiger partial charge on any atom is -0.382 e. The molecule has 150 valence electrons. The molecule has 0 spiro atoms. The zero-order valence-corrected chi connectivity index (χ0v) is 17.2. The Morgan fingerprint density at radius 2 is 1.90 bits per heavy atom. The van der Waals surface area contributed by atoms with E-state index in [4.69, 9.17) is 21.9 Å². The van der Waals surface area contributed by atoms with Crippen molar-refractivity contribution in [1.82, 2.24) is 24.3 Å². The fraction of sp³-hybridized carbons (Fsp3) is 0.143. The summed E-state index contributed by atoms with van der Waals surface area (Å²) < 4.78 is 8.53. The molecule has 5 aromatic rings. The third kappa shape index (κ3) is 2.54. The van der Waals surface area contributed by atoms with Crippen LogP contribution in [0.2, 0.25) is 5.02 Å². The maximum atomic E-state index is 13.2. The Hall–Kier alpha value is -3.65. The predicted octanol–water partition coefficient (Wildman–Crippen LogP) is 3.78. The summed E-state index contributed by atoms with van der Waals surface area (Å²) in [6, 6.07) is 7.59. The number of benzene rings is 1. The summed E-state index contributed by atoms with van der Waals surface area (Å²) in [7, 11) is 1.72. The Balaban J connectivity index is 1.90. The first-order chi connectivity index (χ1) is 14.4. The van der Waals surface area contributed by atoms with Crippen LogP contribution in [-0.4, -0.2) is 24.3 Å². The molecule has 2 N–H and O–H groups in total.